The van der Waals surface area contributed by atoms with E-state index in [1.807, 2.05) is 43.3 Å². The Kier molecular flexibility index (Phi) is 4.36. The SMILES string of the molecule is CC(=O)N1CCc2cc(NC(=O)C(N)c3ccc(C)cc3)ccc21. The van der Waals surface area contributed by atoms with Crippen LogP contribution in [-0.4, -0.2) is 18.4 Å². The lowest BCUT2D eigenvalue weighted by atomic mass is 10.0. The van der Waals surface area contributed by atoms with Gasteiger partial charge in [0.2, 0.25) is 11.8 Å². The van der Waals surface area contributed by atoms with Crippen molar-refractivity contribution in [3.8, 4) is 0 Å². The van der Waals surface area contributed by atoms with E-state index < -0.39 is 6.04 Å². The zero-order chi connectivity index (χ0) is 17.3. The van der Waals surface area contributed by atoms with Gasteiger partial charge in [-0.1, -0.05) is 29.8 Å². The molecule has 24 heavy (non-hydrogen) atoms. The van der Waals surface area contributed by atoms with Gasteiger partial charge in [-0.2, -0.15) is 0 Å². The van der Waals surface area contributed by atoms with Crippen molar-refractivity contribution in [2.75, 3.05) is 16.8 Å². The molecule has 0 fully saturated rings. The number of fused-ring (bicyclic) bond motifs is 1. The molecule has 2 aromatic rings. The predicted octanol–water partition coefficient (Wildman–Crippen LogP) is 2.54. The standard InChI is InChI=1S/C19H21N3O2/c1-12-3-5-14(6-4-12)18(20)19(24)21-16-7-8-17-15(11-16)9-10-22(17)13(2)23/h3-8,11,18H,9-10,20H2,1-2H3,(H,21,24). The summed E-state index contributed by atoms with van der Waals surface area (Å²) >= 11 is 0. The Morgan fingerprint density at radius 1 is 1.17 bits per heavy atom. The maximum absolute atomic E-state index is 12.4. The predicted molar refractivity (Wildman–Crippen MR) is 94.9 cm³/mol. The van der Waals surface area contributed by atoms with Crippen molar-refractivity contribution in [3.63, 3.8) is 0 Å². The van der Waals surface area contributed by atoms with E-state index in [0.717, 1.165) is 28.8 Å². The van der Waals surface area contributed by atoms with E-state index in [1.54, 1.807) is 17.9 Å². The monoisotopic (exact) mass is 323 g/mol. The number of anilines is 2. The fraction of sp³-hybridized carbons (Fsp3) is 0.263. The van der Waals surface area contributed by atoms with E-state index in [9.17, 15) is 9.59 Å². The highest BCUT2D eigenvalue weighted by molar-refractivity contribution is 5.97. The molecule has 124 valence electrons. The Morgan fingerprint density at radius 3 is 2.54 bits per heavy atom. The van der Waals surface area contributed by atoms with Gasteiger partial charge in [0.15, 0.2) is 0 Å². The van der Waals surface area contributed by atoms with Crippen molar-refractivity contribution in [2.45, 2.75) is 26.3 Å². The molecule has 2 aromatic carbocycles. The van der Waals surface area contributed by atoms with E-state index in [0.29, 0.717) is 12.2 Å². The van der Waals surface area contributed by atoms with Crippen LogP contribution in [-0.2, 0) is 16.0 Å². The van der Waals surface area contributed by atoms with Crippen LogP contribution in [0, 0.1) is 6.92 Å². The van der Waals surface area contributed by atoms with Gasteiger partial charge >= 0.3 is 0 Å². The molecule has 0 bridgehead atoms. The molecule has 0 saturated carbocycles. The normalized spacial score (nSPS) is 14.2. The third-order valence-corrected chi connectivity index (χ3v) is 4.34. The van der Waals surface area contributed by atoms with Crippen LogP contribution in [0.5, 0.6) is 0 Å². The summed E-state index contributed by atoms with van der Waals surface area (Å²) < 4.78 is 0. The molecular weight excluding hydrogens is 302 g/mol. The number of hydrogen-bond acceptors (Lipinski definition) is 3. The number of aryl methyl sites for hydroxylation is 1. The first-order chi connectivity index (χ1) is 11.5. The van der Waals surface area contributed by atoms with Gasteiger partial charge in [0.1, 0.15) is 6.04 Å². The molecule has 1 atom stereocenters. The summed E-state index contributed by atoms with van der Waals surface area (Å²) in [5.41, 5.74) is 10.6. The summed E-state index contributed by atoms with van der Waals surface area (Å²) in [6.45, 7) is 4.24. The lowest BCUT2D eigenvalue weighted by molar-refractivity contribution is -0.118. The molecule has 0 radical (unpaired) electrons. The highest BCUT2D eigenvalue weighted by Crippen LogP contribution is 2.30. The number of nitrogens with two attached hydrogens (primary N) is 1. The maximum Gasteiger partial charge on any atom is 0.245 e. The number of amides is 2. The Bertz CT molecular complexity index is 784. The Labute approximate surface area is 141 Å². The van der Waals surface area contributed by atoms with Crippen LogP contribution in [0.15, 0.2) is 42.5 Å². The molecule has 1 aliphatic rings. The van der Waals surface area contributed by atoms with Crippen molar-refractivity contribution < 1.29 is 9.59 Å². The van der Waals surface area contributed by atoms with E-state index in [1.165, 1.54) is 0 Å². The molecule has 2 amide bonds. The third kappa shape index (κ3) is 3.16. The number of nitrogens with one attached hydrogen (secondary N) is 1. The van der Waals surface area contributed by atoms with Gasteiger partial charge in [-0.25, -0.2) is 0 Å². The quantitative estimate of drug-likeness (QED) is 0.911. The first-order valence-electron chi connectivity index (χ1n) is 8.00. The van der Waals surface area contributed by atoms with E-state index in [-0.39, 0.29) is 11.8 Å². The summed E-state index contributed by atoms with van der Waals surface area (Å²) in [6, 6.07) is 12.5. The second-order valence-corrected chi connectivity index (χ2v) is 6.14. The minimum absolute atomic E-state index is 0.0342. The van der Waals surface area contributed by atoms with Gasteiger partial charge in [-0.05, 0) is 42.7 Å². The van der Waals surface area contributed by atoms with Gasteiger partial charge in [0.25, 0.3) is 0 Å². The number of rotatable bonds is 3. The molecule has 3 N–H and O–H groups in total. The molecule has 0 spiro atoms. The lowest BCUT2D eigenvalue weighted by Crippen LogP contribution is -2.27. The van der Waals surface area contributed by atoms with Gasteiger partial charge < -0.3 is 16.0 Å². The van der Waals surface area contributed by atoms with Crippen LogP contribution in [0.4, 0.5) is 11.4 Å². The van der Waals surface area contributed by atoms with Gasteiger partial charge in [-0.15, -0.1) is 0 Å². The molecule has 0 aliphatic carbocycles. The minimum Gasteiger partial charge on any atom is -0.324 e. The zero-order valence-corrected chi connectivity index (χ0v) is 13.9. The number of nitrogens with zero attached hydrogens (tertiary/aromatic N) is 1. The molecule has 5 heteroatoms. The van der Waals surface area contributed by atoms with Gasteiger partial charge in [0.05, 0.1) is 0 Å². The van der Waals surface area contributed by atoms with Crippen LogP contribution in [0.3, 0.4) is 0 Å². The Balaban J connectivity index is 1.73. The number of carbonyl (C=O) groups is 2. The van der Waals surface area contributed by atoms with E-state index in [4.69, 9.17) is 5.73 Å². The third-order valence-electron chi connectivity index (χ3n) is 4.34. The molecule has 0 aromatic heterocycles. The summed E-state index contributed by atoms with van der Waals surface area (Å²) in [6.07, 6.45) is 0.794. The average Bonchev–Trinajstić information content (AvgIpc) is 2.98. The van der Waals surface area contributed by atoms with Crippen molar-refractivity contribution in [2.24, 2.45) is 5.73 Å². The average molecular weight is 323 g/mol. The van der Waals surface area contributed by atoms with Crippen LogP contribution in [0.25, 0.3) is 0 Å². The molecule has 0 saturated heterocycles. The van der Waals surface area contributed by atoms with Crippen molar-refractivity contribution in [3.05, 3.63) is 59.2 Å². The largest absolute Gasteiger partial charge is 0.324 e. The van der Waals surface area contributed by atoms with Crippen LogP contribution in [0.1, 0.15) is 29.7 Å². The number of carbonyl (C=O) groups excluding carboxylic acids is 2. The second kappa shape index (κ2) is 6.45. The second-order valence-electron chi connectivity index (χ2n) is 6.14. The highest BCUT2D eigenvalue weighted by atomic mass is 16.2. The molecule has 1 aliphatic heterocycles. The minimum atomic E-state index is -0.715. The fourth-order valence-corrected chi connectivity index (χ4v) is 2.95. The molecular formula is C19H21N3O2. The summed E-state index contributed by atoms with van der Waals surface area (Å²) in [5, 5.41) is 2.86. The highest BCUT2D eigenvalue weighted by Gasteiger charge is 2.23. The summed E-state index contributed by atoms with van der Waals surface area (Å²) in [7, 11) is 0. The maximum atomic E-state index is 12.4. The van der Waals surface area contributed by atoms with Crippen molar-refractivity contribution in [1.29, 1.82) is 0 Å². The number of hydrogen-bond donors (Lipinski definition) is 2. The van der Waals surface area contributed by atoms with Gasteiger partial charge in [0, 0.05) is 24.8 Å². The molecule has 1 unspecified atom stereocenters. The lowest BCUT2D eigenvalue weighted by Gasteiger charge is -2.16. The smallest absolute Gasteiger partial charge is 0.245 e. The first kappa shape index (κ1) is 16.2. The van der Waals surface area contributed by atoms with Gasteiger partial charge in [-0.3, -0.25) is 9.59 Å². The molecule has 5 nitrogen and oxygen atoms in total. The zero-order valence-electron chi connectivity index (χ0n) is 13.9. The Morgan fingerprint density at radius 2 is 1.88 bits per heavy atom. The first-order valence-corrected chi connectivity index (χ1v) is 8.00. The molecule has 3 rings (SSSR count). The molecule has 1 heterocycles. The summed E-state index contributed by atoms with van der Waals surface area (Å²) in [4.78, 5) is 25.7. The fourth-order valence-electron chi connectivity index (χ4n) is 2.95. The van der Waals surface area contributed by atoms with E-state index in [2.05, 4.69) is 5.32 Å². The topological polar surface area (TPSA) is 75.4 Å². The van der Waals surface area contributed by atoms with Crippen LogP contribution < -0.4 is 16.0 Å². The van der Waals surface area contributed by atoms with Crippen molar-refractivity contribution in [1.82, 2.24) is 0 Å². The van der Waals surface area contributed by atoms with E-state index >= 15 is 0 Å². The van der Waals surface area contributed by atoms with Crippen LogP contribution >= 0.6 is 0 Å². The number of benzene rings is 2. The summed E-state index contributed by atoms with van der Waals surface area (Å²) in [5.74, 6) is -0.216. The van der Waals surface area contributed by atoms with Crippen molar-refractivity contribution >= 4 is 23.2 Å². The Hall–Kier alpha value is -2.66. The van der Waals surface area contributed by atoms with Crippen LogP contribution in [0.2, 0.25) is 0 Å².